The normalized spacial score (nSPS) is 16.6. The summed E-state index contributed by atoms with van der Waals surface area (Å²) >= 11 is 3.37. The second-order valence-corrected chi connectivity index (χ2v) is 6.45. The molecule has 1 saturated heterocycles. The molecule has 0 aromatic heterocycles. The highest BCUT2D eigenvalue weighted by Crippen LogP contribution is 2.16. The van der Waals surface area contributed by atoms with E-state index in [1.165, 1.54) is 32.1 Å². The number of piperidine rings is 1. The summed E-state index contributed by atoms with van der Waals surface area (Å²) in [7, 11) is 0. The van der Waals surface area contributed by atoms with Crippen LogP contribution in [0, 0.1) is 0 Å². The Balaban J connectivity index is 2.04. The summed E-state index contributed by atoms with van der Waals surface area (Å²) in [6, 6.07) is 0. The van der Waals surface area contributed by atoms with E-state index in [9.17, 15) is 4.79 Å². The summed E-state index contributed by atoms with van der Waals surface area (Å²) in [6.45, 7) is 4.76. The van der Waals surface area contributed by atoms with Gasteiger partial charge in [0, 0.05) is 24.8 Å². The maximum Gasteiger partial charge on any atom is 0.222 e. The fourth-order valence-electron chi connectivity index (χ4n) is 2.70. The molecule has 1 heterocycles. The summed E-state index contributed by atoms with van der Waals surface area (Å²) in [5.74, 6) is 0.347. The van der Waals surface area contributed by atoms with Gasteiger partial charge in [0.15, 0.2) is 0 Å². The summed E-state index contributed by atoms with van der Waals surface area (Å²) in [4.78, 5) is 14.1. The van der Waals surface area contributed by atoms with Crippen molar-refractivity contribution in [2.45, 2.75) is 70.8 Å². The van der Waals surface area contributed by atoms with Crippen molar-refractivity contribution in [3.05, 3.63) is 0 Å². The van der Waals surface area contributed by atoms with Crippen LogP contribution in [-0.4, -0.2) is 41.9 Å². The van der Waals surface area contributed by atoms with E-state index in [-0.39, 0.29) is 0 Å². The van der Waals surface area contributed by atoms with Crippen LogP contribution in [0.4, 0.5) is 0 Å². The van der Waals surface area contributed by atoms with E-state index >= 15 is 0 Å². The minimum absolute atomic E-state index is 0.347. The summed E-state index contributed by atoms with van der Waals surface area (Å²) in [6.07, 6.45) is 10.6. The van der Waals surface area contributed by atoms with E-state index < -0.39 is 0 Å². The van der Waals surface area contributed by atoms with Gasteiger partial charge in [-0.15, -0.1) is 0 Å². The molecule has 1 aliphatic heterocycles. The molecule has 4 heteroatoms. The first-order valence-corrected chi connectivity index (χ1v) is 9.35. The van der Waals surface area contributed by atoms with Crippen molar-refractivity contribution in [2.75, 3.05) is 25.0 Å². The number of carbonyl (C=O) groups is 1. The number of halogens is 1. The Hall–Kier alpha value is -0.0900. The van der Waals surface area contributed by atoms with Gasteiger partial charge in [0.1, 0.15) is 0 Å². The number of nitrogens with zero attached hydrogens (tertiary/aromatic N) is 1. The lowest BCUT2D eigenvalue weighted by Crippen LogP contribution is -2.40. The second kappa shape index (κ2) is 11.6. The van der Waals surface area contributed by atoms with Gasteiger partial charge in [-0.25, -0.2) is 0 Å². The van der Waals surface area contributed by atoms with Crippen LogP contribution in [0.2, 0.25) is 0 Å². The molecule has 1 aliphatic rings. The number of ether oxygens (including phenoxy) is 1. The monoisotopic (exact) mass is 347 g/mol. The van der Waals surface area contributed by atoms with E-state index in [0.29, 0.717) is 12.0 Å². The topological polar surface area (TPSA) is 29.5 Å². The van der Waals surface area contributed by atoms with Crippen molar-refractivity contribution in [2.24, 2.45) is 0 Å². The fraction of sp³-hybridized carbons (Fsp3) is 0.938. The van der Waals surface area contributed by atoms with Gasteiger partial charge < -0.3 is 9.64 Å². The van der Waals surface area contributed by atoms with Gasteiger partial charge in [0.2, 0.25) is 5.91 Å². The van der Waals surface area contributed by atoms with E-state index in [2.05, 4.69) is 22.9 Å². The lowest BCUT2D eigenvalue weighted by Gasteiger charge is -2.32. The molecule has 20 heavy (non-hydrogen) atoms. The van der Waals surface area contributed by atoms with Crippen LogP contribution in [-0.2, 0) is 9.53 Å². The molecule has 1 rings (SSSR count). The third-order valence-corrected chi connectivity index (χ3v) is 4.29. The highest BCUT2D eigenvalue weighted by Gasteiger charge is 2.22. The van der Waals surface area contributed by atoms with Crippen LogP contribution in [0.5, 0.6) is 0 Å². The lowest BCUT2D eigenvalue weighted by molar-refractivity contribution is -0.133. The average Bonchev–Trinajstić information content (AvgIpc) is 2.49. The number of rotatable bonds is 10. The van der Waals surface area contributed by atoms with Crippen molar-refractivity contribution in [1.29, 1.82) is 0 Å². The summed E-state index contributed by atoms with van der Waals surface area (Å²) < 4.78 is 5.71. The van der Waals surface area contributed by atoms with Gasteiger partial charge in [-0.05, 0) is 19.3 Å². The van der Waals surface area contributed by atoms with Gasteiger partial charge >= 0.3 is 0 Å². The molecule has 0 saturated carbocycles. The van der Waals surface area contributed by atoms with Crippen LogP contribution >= 0.6 is 15.9 Å². The maximum atomic E-state index is 12.1. The van der Waals surface area contributed by atoms with Gasteiger partial charge in [-0.1, -0.05) is 55.0 Å². The van der Waals surface area contributed by atoms with Crippen LogP contribution < -0.4 is 0 Å². The predicted molar refractivity (Wildman–Crippen MR) is 87.3 cm³/mol. The Morgan fingerprint density at radius 2 is 1.80 bits per heavy atom. The molecular formula is C16H30BrNO2. The molecular weight excluding hydrogens is 318 g/mol. The molecule has 0 radical (unpaired) electrons. The predicted octanol–water partition coefficient (Wildman–Crippen LogP) is 4.14. The fourth-order valence-corrected chi connectivity index (χ4v) is 2.88. The number of amides is 1. The number of alkyl halides is 1. The zero-order chi connectivity index (χ0) is 14.6. The van der Waals surface area contributed by atoms with Gasteiger partial charge in [0.25, 0.3) is 0 Å². The number of unbranched alkanes of at least 4 members (excludes halogenated alkanes) is 5. The molecule has 0 aliphatic carbocycles. The maximum absolute atomic E-state index is 12.1. The quantitative estimate of drug-likeness (QED) is 0.439. The Bertz CT molecular complexity index is 253. The number of hydrogen-bond donors (Lipinski definition) is 0. The number of likely N-dealkylation sites (tertiary alicyclic amines) is 1. The third-order valence-electron chi connectivity index (χ3n) is 3.97. The minimum Gasteiger partial charge on any atom is -0.377 e. The minimum atomic E-state index is 0.347. The van der Waals surface area contributed by atoms with E-state index in [4.69, 9.17) is 4.74 Å². The molecule has 1 amide bonds. The average molecular weight is 348 g/mol. The molecule has 0 atom stereocenters. The summed E-state index contributed by atoms with van der Waals surface area (Å²) in [5, 5.41) is 0.893. The third kappa shape index (κ3) is 7.63. The molecule has 0 aromatic carbocycles. The van der Waals surface area contributed by atoms with Crippen molar-refractivity contribution in [1.82, 2.24) is 4.90 Å². The van der Waals surface area contributed by atoms with Crippen molar-refractivity contribution in [3.63, 3.8) is 0 Å². The molecule has 118 valence electrons. The molecule has 3 nitrogen and oxygen atoms in total. The van der Waals surface area contributed by atoms with E-state index in [1.54, 1.807) is 0 Å². The smallest absolute Gasteiger partial charge is 0.222 e. The van der Waals surface area contributed by atoms with Crippen LogP contribution in [0.3, 0.4) is 0 Å². The molecule has 0 unspecified atom stereocenters. The Morgan fingerprint density at radius 3 is 2.45 bits per heavy atom. The lowest BCUT2D eigenvalue weighted by atomic mass is 10.1. The Labute approximate surface area is 132 Å². The molecule has 0 N–H and O–H groups in total. The summed E-state index contributed by atoms with van der Waals surface area (Å²) in [5.41, 5.74) is 0. The molecule has 0 spiro atoms. The van der Waals surface area contributed by atoms with E-state index in [1.807, 2.05) is 4.90 Å². The first-order chi connectivity index (χ1) is 9.77. The van der Waals surface area contributed by atoms with Crippen LogP contribution in [0.25, 0.3) is 0 Å². The van der Waals surface area contributed by atoms with Gasteiger partial charge in [-0.2, -0.15) is 0 Å². The first-order valence-electron chi connectivity index (χ1n) is 8.23. The number of hydrogen-bond acceptors (Lipinski definition) is 2. The van der Waals surface area contributed by atoms with Crippen LogP contribution in [0.15, 0.2) is 0 Å². The van der Waals surface area contributed by atoms with Gasteiger partial charge in [-0.3, -0.25) is 4.79 Å². The molecule has 0 aromatic rings. The standard InChI is InChI=1S/C16H30BrNO2/c1-2-3-4-5-6-7-8-16(19)18-12-9-15(10-13-18)20-14-11-17/h15H,2-14H2,1H3. The largest absolute Gasteiger partial charge is 0.377 e. The first kappa shape index (κ1) is 18.0. The van der Waals surface area contributed by atoms with Crippen molar-refractivity contribution in [3.8, 4) is 0 Å². The highest BCUT2D eigenvalue weighted by atomic mass is 79.9. The number of carbonyl (C=O) groups excluding carboxylic acids is 1. The molecule has 1 fully saturated rings. The zero-order valence-electron chi connectivity index (χ0n) is 12.9. The highest BCUT2D eigenvalue weighted by molar-refractivity contribution is 9.09. The Kier molecular flexibility index (Phi) is 10.4. The van der Waals surface area contributed by atoms with Gasteiger partial charge in [0.05, 0.1) is 12.7 Å². The van der Waals surface area contributed by atoms with Crippen molar-refractivity contribution >= 4 is 21.8 Å². The van der Waals surface area contributed by atoms with Crippen LogP contribution in [0.1, 0.15) is 64.7 Å². The van der Waals surface area contributed by atoms with Crippen molar-refractivity contribution < 1.29 is 9.53 Å². The Morgan fingerprint density at radius 1 is 1.15 bits per heavy atom. The SMILES string of the molecule is CCCCCCCCC(=O)N1CCC(OCCBr)CC1. The zero-order valence-corrected chi connectivity index (χ0v) is 14.5. The van der Waals surface area contributed by atoms with E-state index in [0.717, 1.165) is 50.7 Å². The molecule has 0 bridgehead atoms. The second-order valence-electron chi connectivity index (χ2n) is 5.66.